The predicted molar refractivity (Wildman–Crippen MR) is 51.5 cm³/mol. The molecule has 0 aromatic heterocycles. The van der Waals surface area contributed by atoms with Crippen molar-refractivity contribution >= 4 is 77.9 Å². The summed E-state index contributed by atoms with van der Waals surface area (Å²) in [5.74, 6) is -3.50. The van der Waals surface area contributed by atoms with Crippen LogP contribution < -0.4 is 0 Å². The molecule has 1 unspecified atom stereocenters. The quantitative estimate of drug-likeness (QED) is 0.413. The van der Waals surface area contributed by atoms with Crippen LogP contribution in [0.5, 0.6) is 0 Å². The zero-order valence-corrected chi connectivity index (χ0v) is 13.2. The Bertz CT molecular complexity index is 311. The van der Waals surface area contributed by atoms with Crippen molar-refractivity contribution < 1.29 is 32.8 Å². The van der Waals surface area contributed by atoms with Gasteiger partial charge < -0.3 is 10.2 Å². The molecule has 0 amide bonds. The van der Waals surface area contributed by atoms with Gasteiger partial charge in [0.1, 0.15) is 0 Å². The maximum absolute atomic E-state index is 10.2. The average molecular weight is 258 g/mol. The first-order valence-corrected chi connectivity index (χ1v) is 8.40. The van der Waals surface area contributed by atoms with Gasteiger partial charge in [-0.1, -0.05) is 0 Å². The molecule has 0 spiro atoms. The summed E-state index contributed by atoms with van der Waals surface area (Å²) in [4.78, 5) is 20.0. The third-order valence-electron chi connectivity index (χ3n) is 0.995. The molecule has 0 bridgehead atoms. The van der Waals surface area contributed by atoms with Crippen LogP contribution in [-0.4, -0.2) is 96.2 Å². The van der Waals surface area contributed by atoms with Gasteiger partial charge in [0.25, 0.3) is 10.1 Å². The van der Waals surface area contributed by atoms with Crippen LogP contribution in [-0.2, 0) is 19.7 Å². The number of rotatable bonds is 4. The molecule has 0 saturated carbocycles. The Hall–Kier alpha value is 0.850. The molecule has 0 radical (unpaired) electrons. The molecule has 0 aliphatic carbocycles. The fraction of sp³-hybridized carbons (Fsp3) is 0.600. The zero-order valence-electron chi connectivity index (χ0n) is 8.37. The van der Waals surface area contributed by atoms with E-state index in [1.165, 1.54) is 56.8 Å². The third-order valence-corrected chi connectivity index (χ3v) is 2.08. The molecule has 78 valence electrons. The molecular weight excluding hydrogens is 250 g/mol. The molecule has 7 nitrogen and oxygen atoms in total. The molecule has 15 heavy (non-hydrogen) atoms. The van der Waals surface area contributed by atoms with Gasteiger partial charge >= 0.3 is 68.7 Å². The van der Waals surface area contributed by atoms with Gasteiger partial charge in [-0.05, 0) is 0 Å². The molecule has 0 aromatic rings. The first kappa shape index (κ1) is 18.2. The number of hydrogen-bond acceptors (Lipinski definition) is 4. The van der Waals surface area contributed by atoms with E-state index in [9.17, 15) is 18.0 Å². The van der Waals surface area contributed by atoms with Crippen LogP contribution >= 0.6 is 0 Å². The van der Waals surface area contributed by atoms with Crippen LogP contribution in [0.25, 0.3) is 0 Å². The molecule has 0 aromatic carbocycles. The van der Waals surface area contributed by atoms with E-state index >= 15 is 0 Å². The van der Waals surface area contributed by atoms with Crippen LogP contribution in [0.15, 0.2) is 0 Å². The number of carboxylic acids is 2. The van der Waals surface area contributed by atoms with Crippen molar-refractivity contribution in [1.29, 1.82) is 0 Å². The van der Waals surface area contributed by atoms with Crippen LogP contribution in [0.1, 0.15) is 6.42 Å². The Morgan fingerprint density at radius 2 is 1.53 bits per heavy atom. The molecule has 1 atom stereocenters. The number of hydrogen-bond donors (Lipinski definition) is 3. The van der Waals surface area contributed by atoms with Gasteiger partial charge in [-0.2, -0.15) is 8.42 Å². The molecule has 0 saturated heterocycles. The van der Waals surface area contributed by atoms with Crippen LogP contribution in [0.2, 0.25) is 0.920 Å². The summed E-state index contributed by atoms with van der Waals surface area (Å²) in [6, 6.07) is 0. The number of carbonyl (C=O) groups is 2. The van der Waals surface area contributed by atoms with E-state index in [1.807, 2.05) is 0 Å². The fourth-order valence-electron chi connectivity index (χ4n) is 0.479. The van der Waals surface area contributed by atoms with Crippen molar-refractivity contribution in [3.8, 4) is 0 Å². The second-order valence-corrected chi connectivity index (χ2v) is 9.90. The van der Waals surface area contributed by atoms with Gasteiger partial charge in [-0.15, -0.1) is 0 Å². The predicted octanol–water partition coefficient (Wildman–Crippen LogP) is -1.50. The molecule has 0 aliphatic heterocycles. The van der Waals surface area contributed by atoms with E-state index in [2.05, 4.69) is 0 Å². The van der Waals surface area contributed by atoms with Crippen molar-refractivity contribution in [3.63, 3.8) is 0 Å². The summed E-state index contributed by atoms with van der Waals surface area (Å²) >= 11 is 2.86. The minimum atomic E-state index is -4.84. The third kappa shape index (κ3) is 11.1. The topological polar surface area (TPSA) is 129 Å². The Morgan fingerprint density at radius 3 is 1.60 bits per heavy atom. The van der Waals surface area contributed by atoms with Gasteiger partial charge in [-0.3, -0.25) is 14.1 Å². The Morgan fingerprint density at radius 1 is 1.20 bits per heavy atom. The molecule has 0 aliphatic rings. The first-order valence-electron chi connectivity index (χ1n) is 4.07. The molecule has 0 heterocycles. The van der Waals surface area contributed by atoms with Gasteiger partial charge in [0.2, 0.25) is 0 Å². The maximum atomic E-state index is 10.2. The van der Waals surface area contributed by atoms with Crippen LogP contribution in [0.4, 0.5) is 0 Å². The summed E-state index contributed by atoms with van der Waals surface area (Å²) in [5.41, 5.74) is 0. The van der Waals surface area contributed by atoms with E-state index in [0.29, 0.717) is 0 Å². The van der Waals surface area contributed by atoms with Crippen molar-refractivity contribution in [1.82, 2.24) is 0 Å². The summed E-state index contributed by atoms with van der Waals surface area (Å²) in [5, 5.41) is 13.9. The SMILES string of the molecule is O=C(O)CC(C(=O)O)S(=O)(=O)O.[Na][CH2][Na]. The fourth-order valence-corrected chi connectivity index (χ4v) is 1.09. The second-order valence-electron chi connectivity index (χ2n) is 2.65. The van der Waals surface area contributed by atoms with Gasteiger partial charge in [-0.25, -0.2) is 0 Å². The molecule has 10 heteroatoms. The Labute approximate surface area is 122 Å². The van der Waals surface area contributed by atoms with Crippen LogP contribution in [0.3, 0.4) is 0 Å². The monoisotopic (exact) mass is 258 g/mol. The van der Waals surface area contributed by atoms with E-state index in [4.69, 9.17) is 14.8 Å². The van der Waals surface area contributed by atoms with E-state index < -0.39 is 33.7 Å². The molecule has 0 fully saturated rings. The minimum absolute atomic E-state index is 1.16. The summed E-state index contributed by atoms with van der Waals surface area (Å²) in [6.07, 6.45) is -1.16. The molecule has 0 rings (SSSR count). The first-order chi connectivity index (χ1) is 6.66. The summed E-state index contributed by atoms with van der Waals surface area (Å²) in [6.45, 7) is 0. The second kappa shape index (κ2) is 8.94. The van der Waals surface area contributed by atoms with Crippen molar-refractivity contribution in [2.45, 2.75) is 12.6 Å². The standard InChI is InChI=1S/C4H6O7S.CH2.2Na/c5-3(6)1-2(4(7)8)12(9,10)11;;;/h2H,1H2,(H,5,6)(H,7,8)(H,9,10,11);1H2;;. The van der Waals surface area contributed by atoms with Crippen LogP contribution in [0, 0.1) is 0 Å². The number of carboxylic acid groups (broad SMARTS) is 2. The van der Waals surface area contributed by atoms with Crippen molar-refractivity contribution in [2.75, 3.05) is 0 Å². The zero-order chi connectivity index (χ0) is 12.6. The number of aliphatic carboxylic acids is 2. The van der Waals surface area contributed by atoms with E-state index in [0.717, 1.165) is 0 Å². The van der Waals surface area contributed by atoms with Gasteiger partial charge in [0, 0.05) is 0 Å². The summed E-state index contributed by atoms with van der Waals surface area (Å²) in [7, 11) is -4.84. The van der Waals surface area contributed by atoms with E-state index in [1.54, 1.807) is 0 Å². The summed E-state index contributed by atoms with van der Waals surface area (Å²) < 4.78 is 30.2. The van der Waals surface area contributed by atoms with Crippen molar-refractivity contribution in [2.24, 2.45) is 0 Å². The van der Waals surface area contributed by atoms with E-state index in [-0.39, 0.29) is 0 Å². The molecular formula is C5H8Na2O7S. The van der Waals surface area contributed by atoms with Gasteiger partial charge in [0.15, 0.2) is 5.25 Å². The normalized spacial score (nSPS) is 12.3. The molecule has 3 N–H and O–H groups in total. The van der Waals surface area contributed by atoms with Gasteiger partial charge in [0.05, 0.1) is 6.42 Å². The Kier molecular flexibility index (Phi) is 10.9. The van der Waals surface area contributed by atoms with Crippen molar-refractivity contribution in [3.05, 3.63) is 0 Å². The average Bonchev–Trinajstić information content (AvgIpc) is 1.98. The Balaban J connectivity index is 0.